The quantitative estimate of drug-likeness (QED) is 0.240. The maximum absolute atomic E-state index is 4.43. The van der Waals surface area contributed by atoms with Crippen LogP contribution in [0.5, 0.6) is 0 Å². The van der Waals surface area contributed by atoms with Crippen LogP contribution in [0.2, 0.25) is 0 Å². The van der Waals surface area contributed by atoms with Crippen LogP contribution in [0.1, 0.15) is 143 Å². The average molecular weight is 487 g/mol. The molecule has 0 aliphatic heterocycles. The second kappa shape index (κ2) is 10.9. The highest BCUT2D eigenvalue weighted by Crippen LogP contribution is 2.61. The average Bonchev–Trinajstić information content (AvgIpc) is 2.61. The van der Waals surface area contributed by atoms with Gasteiger partial charge in [0.2, 0.25) is 0 Å². The van der Waals surface area contributed by atoms with Gasteiger partial charge in [0, 0.05) is 0 Å². The van der Waals surface area contributed by atoms with Gasteiger partial charge in [0.15, 0.2) is 0 Å². The molecule has 0 heteroatoms. The summed E-state index contributed by atoms with van der Waals surface area (Å²) in [6, 6.07) is 0. The predicted octanol–water partition coefficient (Wildman–Crippen LogP) is 12.1. The van der Waals surface area contributed by atoms with E-state index >= 15 is 0 Å². The molecule has 0 aromatic carbocycles. The van der Waals surface area contributed by atoms with Crippen molar-refractivity contribution in [3.8, 4) is 0 Å². The molecule has 0 heterocycles. The number of allylic oxidation sites excluding steroid dienone is 4. The first-order chi connectivity index (χ1) is 15.2. The summed E-state index contributed by atoms with van der Waals surface area (Å²) in [7, 11) is 0. The Labute approximate surface area is 223 Å². The van der Waals surface area contributed by atoms with Gasteiger partial charge >= 0.3 is 0 Å². The fourth-order valence-electron chi connectivity index (χ4n) is 6.08. The molecule has 0 spiro atoms. The largest absolute Gasteiger partial charge is 0.103 e. The fraction of sp³-hybridized carbons (Fsp3) is 0.829. The van der Waals surface area contributed by atoms with Gasteiger partial charge in [-0.25, -0.2) is 0 Å². The molecule has 0 aliphatic carbocycles. The van der Waals surface area contributed by atoms with E-state index in [1.165, 1.54) is 11.1 Å². The lowest BCUT2D eigenvalue weighted by Crippen LogP contribution is -2.50. The van der Waals surface area contributed by atoms with E-state index in [0.29, 0.717) is 11.3 Å². The number of rotatable bonds is 12. The van der Waals surface area contributed by atoms with Crippen molar-refractivity contribution >= 4 is 0 Å². The van der Waals surface area contributed by atoms with E-state index in [1.807, 2.05) is 0 Å². The van der Waals surface area contributed by atoms with Crippen molar-refractivity contribution in [2.75, 3.05) is 0 Å². The first-order valence-corrected chi connectivity index (χ1v) is 14.1. The summed E-state index contributed by atoms with van der Waals surface area (Å²) in [4.78, 5) is 0. The van der Waals surface area contributed by atoms with Gasteiger partial charge in [-0.2, -0.15) is 0 Å². The van der Waals surface area contributed by atoms with Gasteiger partial charge in [-0.1, -0.05) is 134 Å². The Morgan fingerprint density at radius 1 is 0.714 bits per heavy atom. The molecule has 0 amide bonds. The first kappa shape index (κ1) is 34.2. The van der Waals surface area contributed by atoms with Gasteiger partial charge in [-0.15, -0.1) is 6.58 Å². The summed E-state index contributed by atoms with van der Waals surface area (Å²) in [5.74, 6) is 0.492. The SMILES string of the molecule is C=CC(C)(CC(C)(C)C(C)(C)CC=C(C)CC(C)(C)C)C(C)(C)C(C)(C)CC(C(=C)C)C(C)(C)C. The van der Waals surface area contributed by atoms with Gasteiger partial charge in [-0.05, 0) is 83.4 Å². The molecule has 0 saturated heterocycles. The smallest absolute Gasteiger partial charge is 0.00877 e. The molecule has 0 aliphatic rings. The molecule has 0 aromatic rings. The second-order valence-electron chi connectivity index (χ2n) is 17.0. The van der Waals surface area contributed by atoms with Crippen LogP contribution in [0.25, 0.3) is 0 Å². The third-order valence-corrected chi connectivity index (χ3v) is 10.3. The van der Waals surface area contributed by atoms with Gasteiger partial charge < -0.3 is 0 Å². The zero-order valence-corrected chi connectivity index (χ0v) is 27.5. The monoisotopic (exact) mass is 487 g/mol. The van der Waals surface area contributed by atoms with Crippen LogP contribution in [0.15, 0.2) is 36.5 Å². The zero-order chi connectivity index (χ0) is 28.5. The maximum atomic E-state index is 4.43. The number of hydrogen-bond donors (Lipinski definition) is 0. The van der Waals surface area contributed by atoms with Crippen LogP contribution >= 0.6 is 0 Å². The van der Waals surface area contributed by atoms with E-state index < -0.39 is 0 Å². The highest BCUT2D eigenvalue weighted by atomic mass is 14.6. The van der Waals surface area contributed by atoms with E-state index in [2.05, 4.69) is 143 Å². The molecule has 0 fully saturated rings. The van der Waals surface area contributed by atoms with Crippen molar-refractivity contribution in [3.63, 3.8) is 0 Å². The third-order valence-electron chi connectivity index (χ3n) is 10.3. The standard InChI is InChI=1S/C35H66/c1-20-35(19,34(17,18)32(13,14)24-28(26(2)3)30(8,9)10)25-33(15,16)31(11,12)22-21-27(4)23-29(5,6)7/h20-21,28H,1-2,22-25H2,3-19H3. The lowest BCUT2D eigenvalue weighted by atomic mass is 9.47. The van der Waals surface area contributed by atoms with Crippen LogP contribution < -0.4 is 0 Å². The lowest BCUT2D eigenvalue weighted by Gasteiger charge is -2.58. The van der Waals surface area contributed by atoms with Crippen LogP contribution in [-0.4, -0.2) is 0 Å². The van der Waals surface area contributed by atoms with Crippen molar-refractivity contribution in [3.05, 3.63) is 36.5 Å². The molecule has 2 atom stereocenters. The Balaban J connectivity index is 6.12. The van der Waals surface area contributed by atoms with Gasteiger partial charge in [0.1, 0.15) is 0 Å². The Morgan fingerprint density at radius 2 is 1.17 bits per heavy atom. The molecule has 0 rings (SSSR count). The van der Waals surface area contributed by atoms with Crippen molar-refractivity contribution in [1.82, 2.24) is 0 Å². The van der Waals surface area contributed by atoms with E-state index in [0.717, 1.165) is 25.7 Å². The molecular formula is C35H66. The zero-order valence-electron chi connectivity index (χ0n) is 27.5. The van der Waals surface area contributed by atoms with Crippen LogP contribution in [-0.2, 0) is 0 Å². The molecule has 0 bridgehead atoms. The molecule has 2 unspecified atom stereocenters. The third kappa shape index (κ3) is 8.64. The predicted molar refractivity (Wildman–Crippen MR) is 163 cm³/mol. The summed E-state index contributed by atoms with van der Waals surface area (Å²) >= 11 is 0. The van der Waals surface area contributed by atoms with E-state index in [9.17, 15) is 0 Å². The Bertz CT molecular complexity index is 751. The van der Waals surface area contributed by atoms with Gasteiger partial charge in [0.05, 0.1) is 0 Å². The molecule has 35 heavy (non-hydrogen) atoms. The summed E-state index contributed by atoms with van der Waals surface area (Å²) in [5, 5.41) is 0. The number of hydrogen-bond acceptors (Lipinski definition) is 0. The van der Waals surface area contributed by atoms with Crippen LogP contribution in [0, 0.1) is 43.8 Å². The summed E-state index contributed by atoms with van der Waals surface area (Å²) in [5.41, 5.74) is 3.89. The van der Waals surface area contributed by atoms with Crippen molar-refractivity contribution in [2.24, 2.45) is 43.8 Å². The van der Waals surface area contributed by atoms with Gasteiger partial charge in [0.25, 0.3) is 0 Å². The minimum atomic E-state index is -0.00104. The maximum Gasteiger partial charge on any atom is -0.00877 e. The molecule has 206 valence electrons. The Hall–Kier alpha value is -0.780. The second-order valence-corrected chi connectivity index (χ2v) is 17.0. The molecule has 0 nitrogen and oxygen atoms in total. The first-order valence-electron chi connectivity index (χ1n) is 14.1. The summed E-state index contributed by atoms with van der Waals surface area (Å²) < 4.78 is 0. The molecule has 0 N–H and O–H groups in total. The lowest BCUT2D eigenvalue weighted by molar-refractivity contribution is -0.0624. The molecule has 0 saturated carbocycles. The Kier molecular flexibility index (Phi) is 10.7. The molecule has 0 aromatic heterocycles. The summed E-state index contributed by atoms with van der Waals surface area (Å²) in [6.45, 7) is 49.7. The minimum absolute atomic E-state index is 0.00104. The van der Waals surface area contributed by atoms with Crippen LogP contribution in [0.3, 0.4) is 0 Å². The van der Waals surface area contributed by atoms with Crippen molar-refractivity contribution < 1.29 is 0 Å². The van der Waals surface area contributed by atoms with Crippen LogP contribution in [0.4, 0.5) is 0 Å². The fourth-order valence-corrected chi connectivity index (χ4v) is 6.08. The minimum Gasteiger partial charge on any atom is -0.103 e. The topological polar surface area (TPSA) is 0 Å². The van der Waals surface area contributed by atoms with Gasteiger partial charge in [-0.3, -0.25) is 0 Å². The molecular weight excluding hydrogens is 420 g/mol. The Morgan fingerprint density at radius 3 is 1.51 bits per heavy atom. The van der Waals surface area contributed by atoms with E-state index in [1.54, 1.807) is 0 Å². The molecule has 0 radical (unpaired) electrons. The highest BCUT2D eigenvalue weighted by Gasteiger charge is 2.53. The normalized spacial score (nSPS) is 17.7. The van der Waals surface area contributed by atoms with Crippen molar-refractivity contribution in [1.29, 1.82) is 0 Å². The van der Waals surface area contributed by atoms with E-state index in [4.69, 9.17) is 0 Å². The summed E-state index contributed by atoms with van der Waals surface area (Å²) in [6.07, 6.45) is 9.31. The highest BCUT2D eigenvalue weighted by molar-refractivity contribution is 5.13. The van der Waals surface area contributed by atoms with Crippen molar-refractivity contribution in [2.45, 2.75) is 143 Å². The van der Waals surface area contributed by atoms with E-state index in [-0.39, 0.29) is 32.5 Å².